The Balaban J connectivity index is 1.54. The number of thiocarbonyl (C=S) groups is 1. The first-order valence-corrected chi connectivity index (χ1v) is 11.5. The third-order valence-electron chi connectivity index (χ3n) is 5.64. The number of hydrogen-bond acceptors (Lipinski definition) is 3. The minimum Gasteiger partial charge on any atom is -0.370 e. The predicted molar refractivity (Wildman–Crippen MR) is 133 cm³/mol. The van der Waals surface area contributed by atoms with Crippen LogP contribution in [0, 0.1) is 5.82 Å². The molecule has 0 bridgehead atoms. The molecule has 1 fully saturated rings. The van der Waals surface area contributed by atoms with Crippen LogP contribution in [0.4, 0.5) is 4.39 Å². The molecule has 0 spiro atoms. The topological polar surface area (TPSA) is 82.9 Å². The number of hydrogen-bond donors (Lipinski definition) is 3. The SMILES string of the molecule is NC(N)=NCCCC1CN(CCNCc2ccccc2)C(=S)N1CCc1cccc(F)c1. The summed E-state index contributed by atoms with van der Waals surface area (Å²) in [6, 6.07) is 17.5. The summed E-state index contributed by atoms with van der Waals surface area (Å²) in [5, 5.41) is 4.37. The molecule has 1 saturated heterocycles. The van der Waals surface area contributed by atoms with Gasteiger partial charge in [0.15, 0.2) is 11.1 Å². The van der Waals surface area contributed by atoms with Crippen molar-refractivity contribution >= 4 is 23.3 Å². The average molecular weight is 457 g/mol. The molecule has 8 heteroatoms. The van der Waals surface area contributed by atoms with E-state index in [2.05, 4.69) is 44.4 Å². The summed E-state index contributed by atoms with van der Waals surface area (Å²) in [5.41, 5.74) is 13.1. The molecule has 2 aromatic carbocycles. The van der Waals surface area contributed by atoms with Crippen molar-refractivity contribution in [1.29, 1.82) is 0 Å². The fraction of sp³-hybridized carbons (Fsp3) is 0.417. The van der Waals surface area contributed by atoms with Crippen LogP contribution >= 0.6 is 12.2 Å². The van der Waals surface area contributed by atoms with Crippen molar-refractivity contribution in [2.75, 3.05) is 32.7 Å². The van der Waals surface area contributed by atoms with Crippen molar-refractivity contribution in [3.8, 4) is 0 Å². The number of nitrogens with two attached hydrogens (primary N) is 2. The summed E-state index contributed by atoms with van der Waals surface area (Å²) in [4.78, 5) is 8.65. The summed E-state index contributed by atoms with van der Waals surface area (Å²) in [6.45, 7) is 4.81. The Bertz CT molecular complexity index is 887. The Morgan fingerprint density at radius 3 is 2.62 bits per heavy atom. The van der Waals surface area contributed by atoms with Gasteiger partial charge in [-0.05, 0) is 54.7 Å². The van der Waals surface area contributed by atoms with Crippen LogP contribution in [0.3, 0.4) is 0 Å². The van der Waals surface area contributed by atoms with E-state index in [-0.39, 0.29) is 11.8 Å². The second-order valence-corrected chi connectivity index (χ2v) is 8.43. The molecule has 0 radical (unpaired) electrons. The fourth-order valence-electron chi connectivity index (χ4n) is 4.00. The zero-order valence-electron chi connectivity index (χ0n) is 18.4. The Labute approximate surface area is 195 Å². The van der Waals surface area contributed by atoms with Crippen LogP contribution in [0.25, 0.3) is 0 Å². The predicted octanol–water partition coefficient (Wildman–Crippen LogP) is 2.48. The van der Waals surface area contributed by atoms with Crippen LogP contribution in [0.15, 0.2) is 59.6 Å². The lowest BCUT2D eigenvalue weighted by Crippen LogP contribution is -2.38. The zero-order valence-corrected chi connectivity index (χ0v) is 19.2. The van der Waals surface area contributed by atoms with Crippen LogP contribution in [0.5, 0.6) is 0 Å². The van der Waals surface area contributed by atoms with E-state index >= 15 is 0 Å². The van der Waals surface area contributed by atoms with E-state index in [0.29, 0.717) is 12.6 Å². The quantitative estimate of drug-likeness (QED) is 0.197. The number of benzene rings is 2. The monoisotopic (exact) mass is 456 g/mol. The number of rotatable bonds is 12. The van der Waals surface area contributed by atoms with Crippen molar-refractivity contribution in [3.05, 3.63) is 71.5 Å². The summed E-state index contributed by atoms with van der Waals surface area (Å²) >= 11 is 5.83. The average Bonchev–Trinajstić information content (AvgIpc) is 3.08. The number of nitrogens with one attached hydrogen (secondary N) is 1. The van der Waals surface area contributed by atoms with E-state index in [1.54, 1.807) is 12.1 Å². The summed E-state index contributed by atoms with van der Waals surface area (Å²) < 4.78 is 13.6. The lowest BCUT2D eigenvalue weighted by molar-refractivity contribution is 0.323. The molecule has 1 aliphatic rings. The van der Waals surface area contributed by atoms with Crippen LogP contribution in [-0.2, 0) is 13.0 Å². The van der Waals surface area contributed by atoms with Gasteiger partial charge in [-0.3, -0.25) is 4.99 Å². The van der Waals surface area contributed by atoms with E-state index < -0.39 is 0 Å². The lowest BCUT2D eigenvalue weighted by Gasteiger charge is -2.25. The van der Waals surface area contributed by atoms with E-state index in [4.69, 9.17) is 23.7 Å². The Morgan fingerprint density at radius 2 is 1.88 bits per heavy atom. The molecule has 1 aliphatic heterocycles. The van der Waals surface area contributed by atoms with Gasteiger partial charge in [-0.25, -0.2) is 4.39 Å². The van der Waals surface area contributed by atoms with Gasteiger partial charge >= 0.3 is 0 Å². The van der Waals surface area contributed by atoms with Gasteiger partial charge in [0.2, 0.25) is 0 Å². The van der Waals surface area contributed by atoms with Crippen molar-refractivity contribution in [3.63, 3.8) is 0 Å². The molecular formula is C24H33FN6S. The minimum atomic E-state index is -0.202. The molecule has 1 unspecified atom stereocenters. The van der Waals surface area contributed by atoms with Crippen LogP contribution < -0.4 is 16.8 Å². The first kappa shape index (κ1) is 23.9. The number of halogens is 1. The maximum Gasteiger partial charge on any atom is 0.185 e. The molecule has 0 saturated carbocycles. The molecule has 6 nitrogen and oxygen atoms in total. The number of aliphatic imine (C=N–C) groups is 1. The molecule has 1 heterocycles. The molecule has 0 amide bonds. The maximum atomic E-state index is 13.6. The van der Waals surface area contributed by atoms with Gasteiger partial charge in [-0.15, -0.1) is 0 Å². The molecule has 3 rings (SSSR count). The minimum absolute atomic E-state index is 0.126. The highest BCUT2D eigenvalue weighted by Gasteiger charge is 2.33. The molecule has 0 aromatic heterocycles. The first-order chi connectivity index (χ1) is 15.5. The van der Waals surface area contributed by atoms with Gasteiger partial charge in [-0.2, -0.15) is 0 Å². The summed E-state index contributed by atoms with van der Waals surface area (Å²) in [5.74, 6) is -0.0765. The molecule has 2 aromatic rings. The molecule has 5 N–H and O–H groups in total. The summed E-state index contributed by atoms with van der Waals surface area (Å²) in [6.07, 6.45) is 2.60. The van der Waals surface area contributed by atoms with Gasteiger partial charge in [0.05, 0.1) is 0 Å². The molecule has 32 heavy (non-hydrogen) atoms. The smallest absolute Gasteiger partial charge is 0.185 e. The third-order valence-corrected chi connectivity index (χ3v) is 6.13. The Hall–Kier alpha value is -2.71. The Morgan fingerprint density at radius 1 is 1.09 bits per heavy atom. The largest absolute Gasteiger partial charge is 0.370 e. The second-order valence-electron chi connectivity index (χ2n) is 8.07. The van der Waals surface area contributed by atoms with Gasteiger partial charge in [-0.1, -0.05) is 42.5 Å². The number of nitrogens with zero attached hydrogens (tertiary/aromatic N) is 3. The summed E-state index contributed by atoms with van der Waals surface area (Å²) in [7, 11) is 0. The van der Waals surface area contributed by atoms with E-state index in [1.165, 1.54) is 11.6 Å². The highest BCUT2D eigenvalue weighted by Crippen LogP contribution is 2.21. The van der Waals surface area contributed by atoms with Crippen LogP contribution in [-0.4, -0.2) is 59.6 Å². The van der Waals surface area contributed by atoms with E-state index in [1.807, 2.05) is 12.1 Å². The highest BCUT2D eigenvalue weighted by molar-refractivity contribution is 7.80. The normalized spacial score (nSPS) is 15.9. The molecule has 1 atom stereocenters. The van der Waals surface area contributed by atoms with Gasteiger partial charge in [0.25, 0.3) is 0 Å². The zero-order chi connectivity index (χ0) is 22.8. The van der Waals surface area contributed by atoms with Crippen molar-refractivity contribution in [1.82, 2.24) is 15.1 Å². The highest BCUT2D eigenvalue weighted by atomic mass is 32.1. The maximum absolute atomic E-state index is 13.6. The second kappa shape index (κ2) is 12.4. The van der Waals surface area contributed by atoms with E-state index in [9.17, 15) is 4.39 Å². The first-order valence-electron chi connectivity index (χ1n) is 11.1. The van der Waals surface area contributed by atoms with Gasteiger partial charge < -0.3 is 26.6 Å². The molecular weight excluding hydrogens is 423 g/mol. The van der Waals surface area contributed by atoms with Crippen LogP contribution in [0.2, 0.25) is 0 Å². The standard InChI is InChI=1S/C24H33FN6S/c25-21-9-4-8-19(16-21)11-14-31-22(10-5-12-29-23(26)27)18-30(24(31)32)15-13-28-17-20-6-2-1-3-7-20/h1-4,6-9,16,22,28H,5,10-15,17-18H2,(H4,26,27,29). The van der Waals surface area contributed by atoms with Gasteiger partial charge in [0, 0.05) is 45.3 Å². The lowest BCUT2D eigenvalue weighted by atomic mass is 10.1. The fourth-order valence-corrected chi connectivity index (χ4v) is 4.41. The third kappa shape index (κ3) is 7.46. The van der Waals surface area contributed by atoms with Crippen molar-refractivity contribution in [2.45, 2.75) is 31.8 Å². The van der Waals surface area contributed by atoms with Crippen LogP contribution in [0.1, 0.15) is 24.0 Å². The number of guanidine groups is 1. The molecule has 172 valence electrons. The van der Waals surface area contributed by atoms with Crippen molar-refractivity contribution in [2.24, 2.45) is 16.5 Å². The van der Waals surface area contributed by atoms with Gasteiger partial charge in [0.1, 0.15) is 5.82 Å². The van der Waals surface area contributed by atoms with E-state index in [0.717, 1.165) is 62.7 Å². The Kier molecular flexibility index (Phi) is 9.25. The molecule has 0 aliphatic carbocycles. The van der Waals surface area contributed by atoms with Crippen molar-refractivity contribution < 1.29 is 4.39 Å².